The number of ether oxygens (including phenoxy) is 1. The van der Waals surface area contributed by atoms with Crippen molar-refractivity contribution in [1.82, 2.24) is 5.32 Å². The third-order valence-corrected chi connectivity index (χ3v) is 5.76. The predicted molar refractivity (Wildman–Crippen MR) is 129 cm³/mol. The van der Waals surface area contributed by atoms with Crippen LogP contribution in [0.3, 0.4) is 0 Å². The fourth-order valence-electron chi connectivity index (χ4n) is 1.91. The molecular formula is C19H20Cl2F2I2N2O2. The van der Waals surface area contributed by atoms with Crippen molar-refractivity contribution in [3.63, 3.8) is 0 Å². The highest BCUT2D eigenvalue weighted by Crippen LogP contribution is 2.25. The van der Waals surface area contributed by atoms with Crippen LogP contribution in [0, 0.1) is 18.8 Å². The maximum atomic E-state index is 13.5. The van der Waals surface area contributed by atoms with Crippen molar-refractivity contribution < 1.29 is 18.3 Å². The zero-order chi connectivity index (χ0) is 22.4. The Morgan fingerprint density at radius 3 is 1.93 bits per heavy atom. The summed E-state index contributed by atoms with van der Waals surface area (Å²) in [6.45, 7) is 5.70. The van der Waals surface area contributed by atoms with Crippen LogP contribution in [0.5, 0.6) is 0 Å². The van der Waals surface area contributed by atoms with E-state index in [0.717, 1.165) is 0 Å². The highest BCUT2D eigenvalue weighted by Gasteiger charge is 2.17. The van der Waals surface area contributed by atoms with E-state index in [1.165, 1.54) is 0 Å². The molecule has 10 heteroatoms. The van der Waals surface area contributed by atoms with Crippen LogP contribution in [0.4, 0.5) is 13.6 Å². The van der Waals surface area contributed by atoms with E-state index in [4.69, 9.17) is 33.7 Å². The molecule has 0 bridgehead atoms. The fraction of sp³-hybridized carbons (Fsp3) is 0.316. The van der Waals surface area contributed by atoms with Gasteiger partial charge in [0.25, 0.3) is 0 Å². The Hall–Kier alpha value is -0.430. The van der Waals surface area contributed by atoms with E-state index in [0.29, 0.717) is 18.3 Å². The molecule has 0 atom stereocenters. The van der Waals surface area contributed by atoms with Gasteiger partial charge in [-0.2, -0.15) is 0 Å². The molecule has 0 radical (unpaired) electrons. The summed E-state index contributed by atoms with van der Waals surface area (Å²) in [6.07, 6.45) is -0.558. The lowest BCUT2D eigenvalue weighted by Gasteiger charge is -2.19. The van der Waals surface area contributed by atoms with E-state index in [1.54, 1.807) is 45.0 Å². The number of benzene rings is 2. The van der Waals surface area contributed by atoms with Crippen molar-refractivity contribution in [2.45, 2.75) is 39.5 Å². The van der Waals surface area contributed by atoms with Crippen molar-refractivity contribution >= 4 is 74.5 Å². The number of hydrogen-bond acceptors (Lipinski definition) is 3. The zero-order valence-electron chi connectivity index (χ0n) is 15.9. The summed E-state index contributed by atoms with van der Waals surface area (Å²) in [5, 5.41) is 2.69. The molecule has 0 fully saturated rings. The monoisotopic (exact) mass is 670 g/mol. The molecule has 0 aromatic heterocycles. The number of amides is 1. The molecule has 3 N–H and O–H groups in total. The first-order valence-electron chi connectivity index (χ1n) is 8.29. The first kappa shape index (κ1) is 26.6. The minimum atomic E-state index is -0.564. The van der Waals surface area contributed by atoms with E-state index in [2.05, 4.69) is 5.32 Å². The highest BCUT2D eigenvalue weighted by atomic mass is 127. The van der Waals surface area contributed by atoms with Crippen LogP contribution in [0.15, 0.2) is 24.3 Å². The highest BCUT2D eigenvalue weighted by molar-refractivity contribution is 14.1. The number of carbonyl (C=O) groups excluding carboxylic acids is 1. The van der Waals surface area contributed by atoms with Crippen LogP contribution in [0.1, 0.15) is 31.9 Å². The third-order valence-electron chi connectivity index (χ3n) is 3.27. The maximum Gasteiger partial charge on any atom is 0.407 e. The SMILES string of the molecule is CC(C)(C)OC(=O)NCc1ccc(I)c(F)c1Cl.NCc1ccc(I)c(F)c1Cl. The molecule has 0 saturated carbocycles. The number of rotatable bonds is 3. The molecule has 29 heavy (non-hydrogen) atoms. The number of nitrogens with one attached hydrogen (secondary N) is 1. The van der Waals surface area contributed by atoms with Gasteiger partial charge in [-0.25, -0.2) is 13.6 Å². The Morgan fingerprint density at radius 2 is 1.48 bits per heavy atom. The van der Waals surface area contributed by atoms with Gasteiger partial charge in [-0.1, -0.05) is 35.3 Å². The van der Waals surface area contributed by atoms with E-state index < -0.39 is 17.5 Å². The molecule has 1 amide bonds. The Kier molecular flexibility index (Phi) is 10.8. The lowest BCUT2D eigenvalue weighted by atomic mass is 10.2. The molecule has 2 rings (SSSR count). The minimum Gasteiger partial charge on any atom is -0.444 e. The Balaban J connectivity index is 0.000000326. The van der Waals surface area contributed by atoms with Gasteiger partial charge in [0.1, 0.15) is 5.60 Å². The number of alkyl carbamates (subject to hydrolysis) is 1. The van der Waals surface area contributed by atoms with Gasteiger partial charge in [0.15, 0.2) is 11.6 Å². The van der Waals surface area contributed by atoms with Gasteiger partial charge in [-0.3, -0.25) is 0 Å². The third kappa shape index (κ3) is 8.68. The molecule has 0 unspecified atom stereocenters. The molecule has 4 nitrogen and oxygen atoms in total. The van der Waals surface area contributed by atoms with E-state index in [-0.39, 0.29) is 29.0 Å². The number of hydrogen-bond donors (Lipinski definition) is 2. The predicted octanol–water partition coefficient (Wildman–Crippen LogP) is 6.65. The molecule has 0 heterocycles. The van der Waals surface area contributed by atoms with Gasteiger partial charge in [0.05, 0.1) is 17.2 Å². The van der Waals surface area contributed by atoms with Crippen LogP contribution in [0.25, 0.3) is 0 Å². The molecule has 0 aliphatic heterocycles. The van der Waals surface area contributed by atoms with Crippen LogP contribution < -0.4 is 11.1 Å². The van der Waals surface area contributed by atoms with Crippen LogP contribution in [-0.2, 0) is 17.8 Å². The summed E-state index contributed by atoms with van der Waals surface area (Å²) in [7, 11) is 0. The molecule has 0 aliphatic carbocycles. The van der Waals surface area contributed by atoms with E-state index >= 15 is 0 Å². The van der Waals surface area contributed by atoms with E-state index in [1.807, 2.05) is 45.2 Å². The molecule has 0 spiro atoms. The molecule has 0 saturated heterocycles. The van der Waals surface area contributed by atoms with Gasteiger partial charge >= 0.3 is 6.09 Å². The Labute approximate surface area is 206 Å². The molecular weight excluding hydrogens is 651 g/mol. The van der Waals surface area contributed by atoms with Gasteiger partial charge in [-0.15, -0.1) is 0 Å². The number of carbonyl (C=O) groups is 1. The molecule has 2 aromatic rings. The van der Waals surface area contributed by atoms with Gasteiger partial charge in [0, 0.05) is 13.1 Å². The standard InChI is InChI=1S/C12H14ClFINO2.C7H6ClFIN/c1-12(2,3)18-11(17)16-6-7-4-5-8(15)10(14)9(7)13;8-6-4(3-11)1-2-5(10)7(6)9/h4-5H,6H2,1-3H3,(H,16,17);1-2H,3,11H2. The first-order valence-corrected chi connectivity index (χ1v) is 11.2. The van der Waals surface area contributed by atoms with Crippen molar-refractivity contribution in [1.29, 1.82) is 0 Å². The van der Waals surface area contributed by atoms with Crippen LogP contribution >= 0.6 is 68.4 Å². The van der Waals surface area contributed by atoms with Gasteiger partial charge < -0.3 is 15.8 Å². The zero-order valence-corrected chi connectivity index (χ0v) is 21.7. The molecule has 2 aromatic carbocycles. The average Bonchev–Trinajstić information content (AvgIpc) is 2.63. The average molecular weight is 671 g/mol. The molecule has 160 valence electrons. The largest absolute Gasteiger partial charge is 0.444 e. The second-order valence-electron chi connectivity index (χ2n) is 6.73. The lowest BCUT2D eigenvalue weighted by molar-refractivity contribution is 0.0523. The topological polar surface area (TPSA) is 64.3 Å². The van der Waals surface area contributed by atoms with Crippen LogP contribution in [-0.4, -0.2) is 11.7 Å². The van der Waals surface area contributed by atoms with Gasteiger partial charge in [0.2, 0.25) is 0 Å². The maximum absolute atomic E-state index is 13.5. The second kappa shape index (κ2) is 11.8. The summed E-state index contributed by atoms with van der Waals surface area (Å²) >= 11 is 15.2. The quantitative estimate of drug-likeness (QED) is 0.284. The normalized spacial score (nSPS) is 10.8. The Bertz CT molecular complexity index is 878. The second-order valence-corrected chi connectivity index (χ2v) is 9.81. The minimum absolute atomic E-state index is 0.0259. The van der Waals surface area contributed by atoms with Crippen molar-refractivity contribution in [2.75, 3.05) is 0 Å². The smallest absolute Gasteiger partial charge is 0.407 e. The van der Waals surface area contributed by atoms with Crippen LogP contribution in [0.2, 0.25) is 10.0 Å². The lowest BCUT2D eigenvalue weighted by Crippen LogP contribution is -2.32. The summed E-state index contributed by atoms with van der Waals surface area (Å²) in [5.41, 5.74) is 5.91. The summed E-state index contributed by atoms with van der Waals surface area (Å²) in [5.74, 6) is -0.851. The van der Waals surface area contributed by atoms with E-state index in [9.17, 15) is 13.6 Å². The number of nitrogens with two attached hydrogens (primary N) is 1. The van der Waals surface area contributed by atoms with Gasteiger partial charge in [-0.05, 0) is 89.2 Å². The van der Waals surface area contributed by atoms with Crippen molar-refractivity contribution in [3.8, 4) is 0 Å². The van der Waals surface area contributed by atoms with Crippen molar-refractivity contribution in [3.05, 3.63) is 64.2 Å². The number of halogens is 6. The first-order chi connectivity index (χ1) is 13.4. The summed E-state index contributed by atoms with van der Waals surface area (Å²) in [6, 6.07) is 6.66. The summed E-state index contributed by atoms with van der Waals surface area (Å²) in [4.78, 5) is 11.4. The fourth-order valence-corrected chi connectivity index (χ4v) is 3.60. The van der Waals surface area contributed by atoms with Crippen molar-refractivity contribution in [2.24, 2.45) is 5.73 Å². The Morgan fingerprint density at radius 1 is 1.03 bits per heavy atom. The summed E-state index contributed by atoms with van der Waals surface area (Å²) < 4.78 is 32.5. The molecule has 0 aliphatic rings.